The van der Waals surface area contributed by atoms with Crippen LogP contribution in [0.15, 0.2) is 35.8 Å². The largest absolute Gasteiger partial charge is 0.586 e. The molecule has 8 nitrogen and oxygen atoms in total. The summed E-state index contributed by atoms with van der Waals surface area (Å²) < 4.78 is 45.6. The van der Waals surface area contributed by atoms with Gasteiger partial charge < -0.3 is 18.9 Å². The van der Waals surface area contributed by atoms with Crippen LogP contribution in [0.2, 0.25) is 0 Å². The first-order valence-corrected chi connectivity index (χ1v) is 7.98. The zero-order valence-corrected chi connectivity index (χ0v) is 14.7. The van der Waals surface area contributed by atoms with Gasteiger partial charge in [-0.1, -0.05) is 0 Å². The molecule has 1 saturated heterocycles. The van der Waals surface area contributed by atoms with Crippen LogP contribution >= 0.6 is 0 Å². The molecule has 1 fully saturated rings. The van der Waals surface area contributed by atoms with Crippen LogP contribution in [0.3, 0.4) is 0 Å². The number of carbonyl (C=O) groups is 1. The van der Waals surface area contributed by atoms with Gasteiger partial charge in [0.1, 0.15) is 11.5 Å². The highest BCUT2D eigenvalue weighted by Crippen LogP contribution is 2.39. The second-order valence-corrected chi connectivity index (χ2v) is 5.78. The Morgan fingerprint density at radius 3 is 2.00 bits per heavy atom. The lowest BCUT2D eigenvalue weighted by atomic mass is 10.2. The molecule has 1 amide bonds. The van der Waals surface area contributed by atoms with Crippen molar-refractivity contribution in [3.05, 3.63) is 52.7 Å². The molecule has 0 spiro atoms. The number of methoxy groups -OCH3 is 2. The van der Waals surface area contributed by atoms with Gasteiger partial charge in [0.15, 0.2) is 11.5 Å². The molecule has 0 radical (unpaired) electrons. The highest BCUT2D eigenvalue weighted by atomic mass is 19.3. The first-order valence-electron chi connectivity index (χ1n) is 7.98. The summed E-state index contributed by atoms with van der Waals surface area (Å²) in [6.45, 7) is 0. The van der Waals surface area contributed by atoms with E-state index in [1.165, 1.54) is 44.6 Å². The SMILES string of the molecule is COc1cc(OC)cc(C(=O)Nc2nc3cc(n2)C=C2OC(F)(F)OC2=C3)c1. The molecule has 2 heterocycles. The van der Waals surface area contributed by atoms with E-state index in [9.17, 15) is 13.6 Å². The minimum absolute atomic E-state index is 0.0141. The van der Waals surface area contributed by atoms with Crippen molar-refractivity contribution in [1.82, 2.24) is 9.97 Å². The predicted molar refractivity (Wildman–Crippen MR) is 92.6 cm³/mol. The fourth-order valence-corrected chi connectivity index (χ4v) is 2.65. The molecule has 0 atom stereocenters. The highest BCUT2D eigenvalue weighted by Gasteiger charge is 2.46. The fourth-order valence-electron chi connectivity index (χ4n) is 2.65. The van der Waals surface area contributed by atoms with Gasteiger partial charge in [0, 0.05) is 23.8 Å². The third-order valence-corrected chi connectivity index (χ3v) is 3.86. The first kappa shape index (κ1) is 17.7. The van der Waals surface area contributed by atoms with Crippen LogP contribution in [-0.4, -0.2) is 36.4 Å². The number of rotatable bonds is 4. The van der Waals surface area contributed by atoms with Crippen LogP contribution in [0.25, 0.3) is 12.2 Å². The van der Waals surface area contributed by atoms with Crippen LogP contribution in [0.5, 0.6) is 11.5 Å². The molecule has 0 unspecified atom stereocenters. The summed E-state index contributed by atoms with van der Waals surface area (Å²) in [6.07, 6.45) is -1.19. The number of amides is 1. The number of carbonyl (C=O) groups excluding carboxylic acids is 1. The molecule has 10 heteroatoms. The molecule has 2 aromatic rings. The Kier molecular flexibility index (Phi) is 4.10. The van der Waals surface area contributed by atoms with Gasteiger partial charge in [-0.25, -0.2) is 9.97 Å². The van der Waals surface area contributed by atoms with E-state index in [0.717, 1.165) is 0 Å². The zero-order valence-electron chi connectivity index (χ0n) is 14.7. The molecule has 1 aromatic heterocycles. The Hall–Kier alpha value is -3.69. The summed E-state index contributed by atoms with van der Waals surface area (Å²) in [7, 11) is 2.94. The van der Waals surface area contributed by atoms with Gasteiger partial charge in [-0.2, -0.15) is 0 Å². The minimum atomic E-state index is -3.74. The standard InChI is InChI=1S/C18H13F2N3O5/c1-25-12-3-9(4-13(8-12)26-2)16(24)23-17-21-10-5-11(22-17)7-15-14(6-10)27-18(19,20)28-15/h3-8H,1-2H3,(H,21,22,23,24). The second-order valence-electron chi connectivity index (χ2n) is 5.78. The second kappa shape index (κ2) is 6.48. The van der Waals surface area contributed by atoms with Gasteiger partial charge in [0.05, 0.1) is 25.6 Å². The molecular formula is C18H13F2N3O5. The predicted octanol–water partition coefficient (Wildman–Crippen LogP) is 3.04. The van der Waals surface area contributed by atoms with Gasteiger partial charge in [0.2, 0.25) is 5.95 Å². The number of anilines is 1. The molecule has 2 bridgehead atoms. The molecule has 28 heavy (non-hydrogen) atoms. The Labute approximate surface area is 157 Å². The van der Waals surface area contributed by atoms with Gasteiger partial charge in [-0.3, -0.25) is 10.1 Å². The summed E-state index contributed by atoms with van der Waals surface area (Å²) in [5.74, 6) is 0.0232. The normalized spacial score (nSPS) is 15.9. The summed E-state index contributed by atoms with van der Waals surface area (Å²) in [5.41, 5.74) is 0.804. The number of halogens is 2. The van der Waals surface area contributed by atoms with E-state index >= 15 is 0 Å². The Morgan fingerprint density at radius 2 is 1.50 bits per heavy atom. The summed E-state index contributed by atoms with van der Waals surface area (Å²) >= 11 is 0. The zero-order chi connectivity index (χ0) is 19.9. The summed E-state index contributed by atoms with van der Waals surface area (Å²) in [4.78, 5) is 20.8. The average Bonchev–Trinajstić information content (AvgIpc) is 2.87. The van der Waals surface area contributed by atoms with E-state index in [0.29, 0.717) is 11.5 Å². The van der Waals surface area contributed by atoms with Crippen LogP contribution in [-0.2, 0) is 9.47 Å². The quantitative estimate of drug-likeness (QED) is 0.859. The summed E-state index contributed by atoms with van der Waals surface area (Å²) in [5, 5.41) is 2.56. The number of alkyl halides is 2. The smallest absolute Gasteiger partial charge is 0.497 e. The maximum atomic E-state index is 13.2. The fraction of sp³-hybridized carbons (Fsp3) is 0.167. The average molecular weight is 389 g/mol. The first-order chi connectivity index (χ1) is 13.3. The monoisotopic (exact) mass is 389 g/mol. The maximum absolute atomic E-state index is 13.2. The number of nitrogens with one attached hydrogen (secondary N) is 1. The van der Waals surface area contributed by atoms with E-state index in [4.69, 9.17) is 9.47 Å². The van der Waals surface area contributed by atoms with Crippen molar-refractivity contribution in [3.8, 4) is 11.5 Å². The van der Waals surface area contributed by atoms with E-state index in [1.54, 1.807) is 6.07 Å². The lowest BCUT2D eigenvalue weighted by Gasteiger charge is -2.09. The molecule has 4 rings (SSSR count). The molecule has 0 saturated carbocycles. The Bertz CT molecular complexity index is 971. The number of aromatic nitrogens is 2. The maximum Gasteiger partial charge on any atom is 0.586 e. The van der Waals surface area contributed by atoms with Crippen molar-refractivity contribution >= 4 is 24.0 Å². The Morgan fingerprint density at radius 1 is 0.964 bits per heavy atom. The van der Waals surface area contributed by atoms with Crippen molar-refractivity contribution in [1.29, 1.82) is 0 Å². The van der Waals surface area contributed by atoms with Gasteiger partial charge in [-0.15, -0.1) is 8.78 Å². The van der Waals surface area contributed by atoms with Crippen molar-refractivity contribution in [2.45, 2.75) is 6.29 Å². The van der Waals surface area contributed by atoms with E-state index in [-0.39, 0.29) is 34.4 Å². The molecule has 1 aliphatic heterocycles. The highest BCUT2D eigenvalue weighted by molar-refractivity contribution is 6.04. The third kappa shape index (κ3) is 3.43. The van der Waals surface area contributed by atoms with Gasteiger partial charge in [0.25, 0.3) is 5.91 Å². The van der Waals surface area contributed by atoms with E-state index in [2.05, 4.69) is 24.8 Å². The number of nitrogens with zero attached hydrogens (tertiary/aromatic N) is 2. The summed E-state index contributed by atoms with van der Waals surface area (Å²) in [6, 6.07) is 6.21. The third-order valence-electron chi connectivity index (χ3n) is 3.86. The van der Waals surface area contributed by atoms with Crippen LogP contribution < -0.4 is 14.8 Å². The molecular weight excluding hydrogens is 376 g/mol. The number of ether oxygens (including phenoxy) is 4. The Balaban J connectivity index is 1.61. The number of hydrogen-bond donors (Lipinski definition) is 1. The minimum Gasteiger partial charge on any atom is -0.497 e. The van der Waals surface area contributed by atoms with Crippen LogP contribution in [0.4, 0.5) is 14.7 Å². The number of benzene rings is 1. The van der Waals surface area contributed by atoms with E-state index in [1.807, 2.05) is 0 Å². The van der Waals surface area contributed by atoms with Crippen LogP contribution in [0, 0.1) is 0 Å². The molecule has 1 aliphatic carbocycles. The van der Waals surface area contributed by atoms with Crippen LogP contribution in [0.1, 0.15) is 21.7 Å². The van der Waals surface area contributed by atoms with Gasteiger partial charge >= 0.3 is 6.29 Å². The number of fused-ring (bicyclic) bond motifs is 3. The molecule has 144 valence electrons. The lowest BCUT2D eigenvalue weighted by molar-refractivity contribution is -0.326. The molecule has 1 N–H and O–H groups in total. The van der Waals surface area contributed by atoms with E-state index < -0.39 is 12.2 Å². The molecule has 1 aromatic carbocycles. The van der Waals surface area contributed by atoms with Crippen molar-refractivity contribution in [2.75, 3.05) is 19.5 Å². The molecule has 2 aliphatic rings. The van der Waals surface area contributed by atoms with Crippen molar-refractivity contribution in [3.63, 3.8) is 0 Å². The number of hydrogen-bond acceptors (Lipinski definition) is 7. The lowest BCUT2D eigenvalue weighted by Crippen LogP contribution is -2.15. The van der Waals surface area contributed by atoms with Gasteiger partial charge in [-0.05, 0) is 18.2 Å². The van der Waals surface area contributed by atoms with Crippen molar-refractivity contribution in [2.24, 2.45) is 0 Å². The topological polar surface area (TPSA) is 91.8 Å². The van der Waals surface area contributed by atoms with Crippen molar-refractivity contribution < 1.29 is 32.5 Å².